The first-order chi connectivity index (χ1) is 15.8. The standard InChI is InChI=1S/C32H38/c1-2-18-32(19-9-5-3-4-6-10-20-32)24-25-21-28-14-11-15-30(31(28)22-25)29-17-16-26-12-7-8-13-27(26)23-29/h7-8,11-17,22-23H,2-6,9-10,18-21,24H2,1H3. The van der Waals surface area contributed by atoms with Crippen LogP contribution < -0.4 is 0 Å². The minimum atomic E-state index is 0.538. The summed E-state index contributed by atoms with van der Waals surface area (Å²) in [5.74, 6) is 0. The van der Waals surface area contributed by atoms with E-state index in [0.29, 0.717) is 5.41 Å². The lowest BCUT2D eigenvalue weighted by molar-refractivity contribution is 0.203. The topological polar surface area (TPSA) is 0 Å². The fourth-order valence-electron chi connectivity index (χ4n) is 6.52. The van der Waals surface area contributed by atoms with Gasteiger partial charge in [0.2, 0.25) is 0 Å². The van der Waals surface area contributed by atoms with Crippen molar-refractivity contribution in [3.05, 3.63) is 77.4 Å². The minimum absolute atomic E-state index is 0.538. The molecule has 0 unspecified atom stereocenters. The molecule has 0 nitrogen and oxygen atoms in total. The molecule has 3 aromatic carbocycles. The predicted octanol–water partition coefficient (Wildman–Crippen LogP) is 9.76. The van der Waals surface area contributed by atoms with Crippen LogP contribution in [0.25, 0.3) is 28.0 Å². The first-order valence-electron chi connectivity index (χ1n) is 13.1. The van der Waals surface area contributed by atoms with Crippen molar-refractivity contribution in [1.29, 1.82) is 0 Å². The lowest BCUT2D eigenvalue weighted by Gasteiger charge is -2.34. The van der Waals surface area contributed by atoms with Crippen molar-refractivity contribution in [3.8, 4) is 11.1 Å². The van der Waals surface area contributed by atoms with Crippen LogP contribution in [0.5, 0.6) is 0 Å². The second-order valence-corrected chi connectivity index (χ2v) is 10.5. The van der Waals surface area contributed by atoms with Crippen molar-refractivity contribution in [2.75, 3.05) is 0 Å². The van der Waals surface area contributed by atoms with E-state index in [1.165, 1.54) is 104 Å². The van der Waals surface area contributed by atoms with Crippen molar-refractivity contribution in [3.63, 3.8) is 0 Å². The van der Waals surface area contributed by atoms with E-state index in [1.807, 2.05) is 0 Å². The van der Waals surface area contributed by atoms with Crippen LogP contribution >= 0.6 is 0 Å². The summed E-state index contributed by atoms with van der Waals surface area (Å²) < 4.78 is 0. The van der Waals surface area contributed by atoms with E-state index in [1.54, 1.807) is 5.57 Å². The lowest BCUT2D eigenvalue weighted by Crippen LogP contribution is -2.22. The Morgan fingerprint density at radius 1 is 0.750 bits per heavy atom. The average Bonchev–Trinajstić information content (AvgIpc) is 3.26. The van der Waals surface area contributed by atoms with Crippen molar-refractivity contribution in [1.82, 2.24) is 0 Å². The highest BCUT2D eigenvalue weighted by molar-refractivity contribution is 5.90. The third-order valence-corrected chi connectivity index (χ3v) is 8.07. The molecule has 0 spiro atoms. The molecule has 3 aromatic rings. The molecule has 2 aliphatic carbocycles. The molecule has 0 aromatic heterocycles. The van der Waals surface area contributed by atoms with Crippen LogP contribution in [0.3, 0.4) is 0 Å². The zero-order valence-corrected chi connectivity index (χ0v) is 19.8. The Balaban J connectivity index is 1.45. The molecule has 0 aliphatic heterocycles. The molecule has 0 amide bonds. The van der Waals surface area contributed by atoms with Crippen LogP contribution in [0.1, 0.15) is 88.7 Å². The largest absolute Gasteiger partial charge is 0.0654 e. The Morgan fingerprint density at radius 3 is 2.28 bits per heavy atom. The van der Waals surface area contributed by atoms with Gasteiger partial charge in [0.15, 0.2) is 0 Å². The van der Waals surface area contributed by atoms with E-state index in [9.17, 15) is 0 Å². The van der Waals surface area contributed by atoms with Crippen LogP contribution in [0.4, 0.5) is 0 Å². The molecule has 1 saturated carbocycles. The Bertz CT molecular complexity index is 1090. The van der Waals surface area contributed by atoms with Crippen molar-refractivity contribution in [2.24, 2.45) is 5.41 Å². The smallest absolute Gasteiger partial charge is 0.00574 e. The number of allylic oxidation sites excluding steroid dienone is 1. The summed E-state index contributed by atoms with van der Waals surface area (Å²) in [5, 5.41) is 2.65. The molecule has 0 heterocycles. The van der Waals surface area contributed by atoms with Crippen molar-refractivity contribution < 1.29 is 0 Å². The number of fused-ring (bicyclic) bond motifs is 2. The molecule has 5 rings (SSSR count). The fraction of sp³-hybridized carbons (Fsp3) is 0.438. The van der Waals surface area contributed by atoms with Crippen LogP contribution in [0.2, 0.25) is 0 Å². The maximum absolute atomic E-state index is 2.57. The quantitative estimate of drug-likeness (QED) is 0.384. The predicted molar refractivity (Wildman–Crippen MR) is 140 cm³/mol. The van der Waals surface area contributed by atoms with Crippen LogP contribution in [-0.2, 0) is 6.42 Å². The van der Waals surface area contributed by atoms with E-state index >= 15 is 0 Å². The Hall–Kier alpha value is -2.34. The summed E-state index contributed by atoms with van der Waals surface area (Å²) in [5.41, 5.74) is 7.98. The molecule has 0 N–H and O–H groups in total. The molecule has 1 fully saturated rings. The van der Waals surface area contributed by atoms with Gasteiger partial charge in [-0.1, -0.05) is 118 Å². The maximum Gasteiger partial charge on any atom is -0.00574 e. The van der Waals surface area contributed by atoms with E-state index in [0.717, 1.165) is 6.42 Å². The summed E-state index contributed by atoms with van der Waals surface area (Å²) in [7, 11) is 0. The minimum Gasteiger partial charge on any atom is -0.0654 e. The van der Waals surface area contributed by atoms with Gasteiger partial charge in [-0.2, -0.15) is 0 Å². The fourth-order valence-corrected chi connectivity index (χ4v) is 6.52. The number of benzene rings is 3. The van der Waals surface area contributed by atoms with Crippen LogP contribution in [0.15, 0.2) is 66.2 Å². The highest BCUT2D eigenvalue weighted by Crippen LogP contribution is 2.46. The Kier molecular flexibility index (Phi) is 6.49. The molecule has 0 atom stereocenters. The summed E-state index contributed by atoms with van der Waals surface area (Å²) in [4.78, 5) is 0. The van der Waals surface area contributed by atoms with E-state index in [4.69, 9.17) is 0 Å². The van der Waals surface area contributed by atoms with Gasteiger partial charge in [-0.15, -0.1) is 0 Å². The summed E-state index contributed by atoms with van der Waals surface area (Å²) in [6.45, 7) is 2.39. The summed E-state index contributed by atoms with van der Waals surface area (Å²) in [6.07, 6.45) is 19.3. The van der Waals surface area contributed by atoms with Gasteiger partial charge in [0.25, 0.3) is 0 Å². The number of rotatable bonds is 5. The first-order valence-corrected chi connectivity index (χ1v) is 13.1. The van der Waals surface area contributed by atoms with Gasteiger partial charge in [0.1, 0.15) is 0 Å². The molecular formula is C32H38. The molecule has 32 heavy (non-hydrogen) atoms. The second-order valence-electron chi connectivity index (χ2n) is 10.5. The van der Waals surface area contributed by atoms with E-state index < -0.39 is 0 Å². The SMILES string of the molecule is CCCC1(CC2=Cc3c(cccc3-c3ccc4ccccc4c3)C2)CCCCCCCC1. The molecule has 0 heteroatoms. The van der Waals surface area contributed by atoms with Gasteiger partial charge in [-0.25, -0.2) is 0 Å². The first kappa shape index (κ1) is 21.5. The maximum atomic E-state index is 2.57. The Morgan fingerprint density at radius 2 is 1.50 bits per heavy atom. The van der Waals surface area contributed by atoms with E-state index in [2.05, 4.69) is 73.7 Å². The van der Waals surface area contributed by atoms with Crippen molar-refractivity contribution in [2.45, 2.75) is 84.0 Å². The zero-order chi connectivity index (χ0) is 21.8. The van der Waals surface area contributed by atoms with Gasteiger partial charge in [0.05, 0.1) is 0 Å². The van der Waals surface area contributed by atoms with Crippen molar-refractivity contribution >= 4 is 16.8 Å². The Labute approximate surface area is 194 Å². The summed E-state index contributed by atoms with van der Waals surface area (Å²) >= 11 is 0. The third kappa shape index (κ3) is 4.56. The van der Waals surface area contributed by atoms with E-state index in [-0.39, 0.29) is 0 Å². The highest BCUT2D eigenvalue weighted by atomic mass is 14.4. The molecule has 2 aliphatic rings. The average molecular weight is 423 g/mol. The van der Waals surface area contributed by atoms with Crippen LogP contribution in [0, 0.1) is 5.41 Å². The van der Waals surface area contributed by atoms with Gasteiger partial charge >= 0.3 is 0 Å². The van der Waals surface area contributed by atoms with Gasteiger partial charge in [-0.05, 0) is 76.6 Å². The van der Waals surface area contributed by atoms with Gasteiger partial charge in [0, 0.05) is 0 Å². The summed E-state index contributed by atoms with van der Waals surface area (Å²) in [6, 6.07) is 22.6. The van der Waals surface area contributed by atoms with Gasteiger partial charge < -0.3 is 0 Å². The monoisotopic (exact) mass is 422 g/mol. The molecular weight excluding hydrogens is 384 g/mol. The normalized spacial score (nSPS) is 18.5. The number of hydrogen-bond acceptors (Lipinski definition) is 0. The number of hydrogen-bond donors (Lipinski definition) is 0. The van der Waals surface area contributed by atoms with Crippen LogP contribution in [-0.4, -0.2) is 0 Å². The third-order valence-electron chi connectivity index (χ3n) is 8.07. The molecule has 0 saturated heterocycles. The van der Waals surface area contributed by atoms with Gasteiger partial charge in [-0.3, -0.25) is 0 Å². The molecule has 0 bridgehead atoms. The highest BCUT2D eigenvalue weighted by Gasteiger charge is 2.31. The lowest BCUT2D eigenvalue weighted by atomic mass is 9.70. The molecule has 0 radical (unpaired) electrons. The zero-order valence-electron chi connectivity index (χ0n) is 19.8. The molecule has 166 valence electrons. The second kappa shape index (κ2) is 9.65.